The Bertz CT molecular complexity index is 498. The van der Waals surface area contributed by atoms with Gasteiger partial charge in [-0.2, -0.15) is 0 Å². The topological polar surface area (TPSA) is 0 Å². The van der Waals surface area contributed by atoms with Gasteiger partial charge in [0.1, 0.15) is 5.82 Å². The van der Waals surface area contributed by atoms with Crippen molar-refractivity contribution in [2.45, 2.75) is 6.92 Å². The molecule has 0 atom stereocenters. The third kappa shape index (κ3) is 1.53. The summed E-state index contributed by atoms with van der Waals surface area (Å²) < 4.78 is 12.9. The van der Waals surface area contributed by atoms with Gasteiger partial charge in [-0.25, -0.2) is 4.39 Å². The SMILES string of the molecule is C=C(C)c1ccc2ccc(F)cc2c1. The first kappa shape index (κ1) is 8.95. The summed E-state index contributed by atoms with van der Waals surface area (Å²) in [5, 5.41) is 1.97. The van der Waals surface area contributed by atoms with Crippen molar-refractivity contribution < 1.29 is 4.39 Å². The largest absolute Gasteiger partial charge is 0.207 e. The van der Waals surface area contributed by atoms with Gasteiger partial charge in [-0.1, -0.05) is 30.4 Å². The van der Waals surface area contributed by atoms with Crippen molar-refractivity contribution >= 4 is 16.3 Å². The monoisotopic (exact) mass is 186 g/mol. The minimum absolute atomic E-state index is 0.198. The molecule has 0 unspecified atom stereocenters. The molecular weight excluding hydrogens is 175 g/mol. The number of hydrogen-bond acceptors (Lipinski definition) is 0. The van der Waals surface area contributed by atoms with Gasteiger partial charge in [0.05, 0.1) is 0 Å². The van der Waals surface area contributed by atoms with E-state index in [4.69, 9.17) is 0 Å². The standard InChI is InChI=1S/C13H11F/c1-9(2)11-4-3-10-5-6-13(14)8-12(10)7-11/h3-8H,1H2,2H3. The Morgan fingerprint density at radius 3 is 2.50 bits per heavy atom. The van der Waals surface area contributed by atoms with E-state index in [1.54, 1.807) is 12.1 Å². The van der Waals surface area contributed by atoms with E-state index in [-0.39, 0.29) is 5.82 Å². The molecule has 2 aromatic rings. The molecule has 0 saturated heterocycles. The van der Waals surface area contributed by atoms with E-state index in [1.807, 2.05) is 25.1 Å². The fourth-order valence-corrected chi connectivity index (χ4v) is 1.48. The van der Waals surface area contributed by atoms with E-state index in [1.165, 1.54) is 6.07 Å². The zero-order valence-corrected chi connectivity index (χ0v) is 8.05. The van der Waals surface area contributed by atoms with Gasteiger partial charge in [-0.15, -0.1) is 0 Å². The molecule has 0 amide bonds. The van der Waals surface area contributed by atoms with Crippen molar-refractivity contribution in [1.29, 1.82) is 0 Å². The third-order valence-electron chi connectivity index (χ3n) is 2.30. The highest BCUT2D eigenvalue weighted by atomic mass is 19.1. The number of hydrogen-bond donors (Lipinski definition) is 0. The lowest BCUT2D eigenvalue weighted by atomic mass is 10.0. The molecule has 0 saturated carbocycles. The maximum absolute atomic E-state index is 12.9. The summed E-state index contributed by atoms with van der Waals surface area (Å²) in [6.45, 7) is 5.81. The molecule has 0 radical (unpaired) electrons. The minimum Gasteiger partial charge on any atom is -0.207 e. The molecule has 0 aliphatic rings. The number of benzene rings is 2. The van der Waals surface area contributed by atoms with Gasteiger partial charge in [0, 0.05) is 0 Å². The molecule has 0 fully saturated rings. The lowest BCUT2D eigenvalue weighted by Gasteiger charge is -2.02. The maximum Gasteiger partial charge on any atom is 0.123 e. The summed E-state index contributed by atoms with van der Waals surface area (Å²) in [4.78, 5) is 0. The smallest absolute Gasteiger partial charge is 0.123 e. The van der Waals surface area contributed by atoms with Gasteiger partial charge in [-0.3, -0.25) is 0 Å². The van der Waals surface area contributed by atoms with Crippen molar-refractivity contribution in [1.82, 2.24) is 0 Å². The molecule has 0 aliphatic carbocycles. The average molecular weight is 186 g/mol. The van der Waals surface area contributed by atoms with Gasteiger partial charge >= 0.3 is 0 Å². The molecule has 0 aliphatic heterocycles. The van der Waals surface area contributed by atoms with Crippen LogP contribution in [-0.2, 0) is 0 Å². The van der Waals surface area contributed by atoms with E-state index in [9.17, 15) is 4.39 Å². The van der Waals surface area contributed by atoms with Crippen LogP contribution in [0.2, 0.25) is 0 Å². The minimum atomic E-state index is -0.198. The van der Waals surface area contributed by atoms with Crippen LogP contribution < -0.4 is 0 Å². The molecule has 2 rings (SSSR count). The van der Waals surface area contributed by atoms with Crippen LogP contribution in [0.3, 0.4) is 0 Å². The number of halogens is 1. The highest BCUT2D eigenvalue weighted by Gasteiger charge is 1.98. The first-order valence-electron chi connectivity index (χ1n) is 4.52. The van der Waals surface area contributed by atoms with Crippen LogP contribution in [0, 0.1) is 5.82 Å². The second-order valence-corrected chi connectivity index (χ2v) is 3.49. The zero-order valence-electron chi connectivity index (χ0n) is 8.05. The maximum atomic E-state index is 12.9. The Balaban J connectivity index is 2.69. The molecule has 14 heavy (non-hydrogen) atoms. The third-order valence-corrected chi connectivity index (χ3v) is 2.30. The fourth-order valence-electron chi connectivity index (χ4n) is 1.48. The van der Waals surface area contributed by atoms with Crippen molar-refractivity contribution in [3.8, 4) is 0 Å². The highest BCUT2D eigenvalue weighted by Crippen LogP contribution is 2.20. The molecule has 0 aromatic heterocycles. The summed E-state index contributed by atoms with van der Waals surface area (Å²) in [5.41, 5.74) is 2.05. The van der Waals surface area contributed by atoms with Crippen LogP contribution in [0.1, 0.15) is 12.5 Å². The second-order valence-electron chi connectivity index (χ2n) is 3.49. The van der Waals surface area contributed by atoms with Gasteiger partial charge in [0.25, 0.3) is 0 Å². The summed E-state index contributed by atoms with van der Waals surface area (Å²) in [6, 6.07) is 10.7. The summed E-state index contributed by atoms with van der Waals surface area (Å²) in [7, 11) is 0. The predicted molar refractivity (Wildman–Crippen MR) is 58.6 cm³/mol. The number of allylic oxidation sites excluding steroid dienone is 1. The molecule has 0 heterocycles. The van der Waals surface area contributed by atoms with E-state index in [2.05, 4.69) is 6.58 Å². The zero-order chi connectivity index (χ0) is 10.1. The predicted octanol–water partition coefficient (Wildman–Crippen LogP) is 4.01. The van der Waals surface area contributed by atoms with Crippen LogP contribution in [0.5, 0.6) is 0 Å². The summed E-state index contributed by atoms with van der Waals surface area (Å²) >= 11 is 0. The van der Waals surface area contributed by atoms with Crippen molar-refractivity contribution in [2.24, 2.45) is 0 Å². The molecule has 0 N–H and O–H groups in total. The van der Waals surface area contributed by atoms with Crippen LogP contribution in [-0.4, -0.2) is 0 Å². The summed E-state index contributed by atoms with van der Waals surface area (Å²) in [6.07, 6.45) is 0. The Morgan fingerprint density at radius 1 is 1.07 bits per heavy atom. The molecule has 0 bridgehead atoms. The van der Waals surface area contributed by atoms with Crippen LogP contribution in [0.4, 0.5) is 4.39 Å². The van der Waals surface area contributed by atoms with E-state index in [0.29, 0.717) is 0 Å². The Labute approximate surface area is 82.7 Å². The number of rotatable bonds is 1. The molecule has 0 nitrogen and oxygen atoms in total. The van der Waals surface area contributed by atoms with Gasteiger partial charge in [-0.05, 0) is 41.5 Å². The number of fused-ring (bicyclic) bond motifs is 1. The lowest BCUT2D eigenvalue weighted by molar-refractivity contribution is 0.630. The average Bonchev–Trinajstić information content (AvgIpc) is 2.16. The first-order valence-corrected chi connectivity index (χ1v) is 4.52. The molecular formula is C13H11F. The van der Waals surface area contributed by atoms with Gasteiger partial charge in [0.2, 0.25) is 0 Å². The van der Waals surface area contributed by atoms with Gasteiger partial charge < -0.3 is 0 Å². The normalized spacial score (nSPS) is 10.4. The lowest BCUT2D eigenvalue weighted by Crippen LogP contribution is -1.80. The summed E-state index contributed by atoms with van der Waals surface area (Å²) in [5.74, 6) is -0.198. The van der Waals surface area contributed by atoms with E-state index < -0.39 is 0 Å². The fraction of sp³-hybridized carbons (Fsp3) is 0.0769. The Kier molecular flexibility index (Phi) is 2.08. The molecule has 0 spiro atoms. The van der Waals surface area contributed by atoms with Crippen molar-refractivity contribution in [2.75, 3.05) is 0 Å². The Hall–Kier alpha value is -1.63. The highest BCUT2D eigenvalue weighted by molar-refractivity contribution is 5.85. The van der Waals surface area contributed by atoms with Crippen LogP contribution >= 0.6 is 0 Å². The van der Waals surface area contributed by atoms with E-state index in [0.717, 1.165) is 21.9 Å². The quantitative estimate of drug-likeness (QED) is 0.631. The Morgan fingerprint density at radius 2 is 1.79 bits per heavy atom. The first-order chi connectivity index (χ1) is 6.66. The van der Waals surface area contributed by atoms with Crippen molar-refractivity contribution in [3.05, 3.63) is 54.4 Å². The van der Waals surface area contributed by atoms with Gasteiger partial charge in [0.15, 0.2) is 0 Å². The molecule has 2 aromatic carbocycles. The van der Waals surface area contributed by atoms with Crippen molar-refractivity contribution in [3.63, 3.8) is 0 Å². The second kappa shape index (κ2) is 3.26. The van der Waals surface area contributed by atoms with Crippen LogP contribution in [0.15, 0.2) is 43.0 Å². The molecule has 1 heteroatoms. The van der Waals surface area contributed by atoms with Crippen LogP contribution in [0.25, 0.3) is 16.3 Å². The molecule has 70 valence electrons. The van der Waals surface area contributed by atoms with E-state index >= 15 is 0 Å².